The third-order valence-corrected chi connectivity index (χ3v) is 4.61. The summed E-state index contributed by atoms with van der Waals surface area (Å²) in [6, 6.07) is 13.5. The van der Waals surface area contributed by atoms with Crippen molar-refractivity contribution >= 4 is 28.9 Å². The van der Waals surface area contributed by atoms with Gasteiger partial charge in [0, 0.05) is 40.5 Å². The van der Waals surface area contributed by atoms with Crippen LogP contribution in [0, 0.1) is 10.1 Å². The first-order chi connectivity index (χ1) is 15.3. The topological polar surface area (TPSA) is 109 Å². The monoisotopic (exact) mass is 458 g/mol. The Morgan fingerprint density at radius 2 is 1.53 bits per heavy atom. The van der Waals surface area contributed by atoms with Gasteiger partial charge in [0.05, 0.1) is 26.3 Å². The lowest BCUT2D eigenvalue weighted by molar-refractivity contribution is -0.385. The van der Waals surface area contributed by atoms with E-state index in [4.69, 9.17) is 30.5 Å². The van der Waals surface area contributed by atoms with Gasteiger partial charge in [0.15, 0.2) is 11.5 Å². The SMILES string of the molecule is COc1cc(NC(=O)c2ccc(Oc3ccc(Cl)cc3[N+](=O)[O-])c(OC)c2)cc(OC)c1. The van der Waals surface area contributed by atoms with E-state index >= 15 is 0 Å². The Kier molecular flexibility index (Phi) is 7.01. The predicted molar refractivity (Wildman–Crippen MR) is 119 cm³/mol. The number of methoxy groups -OCH3 is 3. The Balaban J connectivity index is 1.86. The molecule has 0 radical (unpaired) electrons. The van der Waals surface area contributed by atoms with E-state index in [2.05, 4.69) is 5.32 Å². The van der Waals surface area contributed by atoms with Crippen LogP contribution in [-0.2, 0) is 0 Å². The minimum atomic E-state index is -0.599. The van der Waals surface area contributed by atoms with Gasteiger partial charge in [-0.1, -0.05) is 11.6 Å². The zero-order valence-electron chi connectivity index (χ0n) is 17.4. The highest BCUT2D eigenvalue weighted by atomic mass is 35.5. The summed E-state index contributed by atoms with van der Waals surface area (Å²) >= 11 is 5.84. The lowest BCUT2D eigenvalue weighted by Crippen LogP contribution is -2.12. The number of carbonyl (C=O) groups excluding carboxylic acids is 1. The van der Waals surface area contributed by atoms with Gasteiger partial charge in [-0.15, -0.1) is 0 Å². The Morgan fingerprint density at radius 1 is 0.875 bits per heavy atom. The van der Waals surface area contributed by atoms with Crippen molar-refractivity contribution in [2.45, 2.75) is 0 Å². The van der Waals surface area contributed by atoms with Gasteiger partial charge >= 0.3 is 5.69 Å². The molecule has 3 aromatic rings. The van der Waals surface area contributed by atoms with Gasteiger partial charge in [0.2, 0.25) is 5.75 Å². The molecule has 0 saturated carbocycles. The second-order valence-electron chi connectivity index (χ2n) is 6.39. The van der Waals surface area contributed by atoms with Crippen LogP contribution in [0.15, 0.2) is 54.6 Å². The maximum atomic E-state index is 12.7. The lowest BCUT2D eigenvalue weighted by Gasteiger charge is -2.13. The molecule has 0 fully saturated rings. The largest absolute Gasteiger partial charge is 0.497 e. The summed E-state index contributed by atoms with van der Waals surface area (Å²) in [4.78, 5) is 23.4. The van der Waals surface area contributed by atoms with Gasteiger partial charge in [-0.2, -0.15) is 0 Å². The van der Waals surface area contributed by atoms with Crippen LogP contribution in [-0.4, -0.2) is 32.2 Å². The molecule has 3 rings (SSSR count). The van der Waals surface area contributed by atoms with E-state index in [1.165, 1.54) is 57.7 Å². The number of halogens is 1. The normalized spacial score (nSPS) is 10.2. The Bertz CT molecular complexity index is 1140. The fraction of sp³-hybridized carbons (Fsp3) is 0.136. The van der Waals surface area contributed by atoms with Gasteiger partial charge < -0.3 is 24.3 Å². The van der Waals surface area contributed by atoms with E-state index in [0.717, 1.165) is 0 Å². The summed E-state index contributed by atoms with van der Waals surface area (Å²) in [5.41, 5.74) is 0.456. The van der Waals surface area contributed by atoms with Crippen molar-refractivity contribution in [3.63, 3.8) is 0 Å². The van der Waals surface area contributed by atoms with Crippen LogP contribution in [0.3, 0.4) is 0 Å². The highest BCUT2D eigenvalue weighted by molar-refractivity contribution is 6.30. The summed E-state index contributed by atoms with van der Waals surface area (Å²) in [6.07, 6.45) is 0. The van der Waals surface area contributed by atoms with Gasteiger partial charge in [0.1, 0.15) is 11.5 Å². The number of ether oxygens (including phenoxy) is 4. The molecule has 10 heteroatoms. The third kappa shape index (κ3) is 5.19. The van der Waals surface area contributed by atoms with E-state index in [1.807, 2.05) is 0 Å². The van der Waals surface area contributed by atoms with E-state index in [-0.39, 0.29) is 33.5 Å². The molecule has 3 aromatic carbocycles. The van der Waals surface area contributed by atoms with Crippen molar-refractivity contribution in [3.8, 4) is 28.7 Å². The molecule has 166 valence electrons. The number of benzene rings is 3. The minimum absolute atomic E-state index is 0.0154. The van der Waals surface area contributed by atoms with Crippen molar-refractivity contribution < 1.29 is 28.7 Å². The van der Waals surface area contributed by atoms with Crippen LogP contribution in [0.1, 0.15) is 10.4 Å². The second kappa shape index (κ2) is 9.88. The molecule has 0 atom stereocenters. The number of carbonyl (C=O) groups is 1. The van der Waals surface area contributed by atoms with Crippen LogP contribution in [0.2, 0.25) is 5.02 Å². The van der Waals surface area contributed by atoms with Crippen LogP contribution >= 0.6 is 11.6 Å². The van der Waals surface area contributed by atoms with Gasteiger partial charge in [-0.25, -0.2) is 0 Å². The summed E-state index contributed by atoms with van der Waals surface area (Å²) in [7, 11) is 4.41. The molecule has 9 nitrogen and oxygen atoms in total. The number of nitro benzene ring substituents is 1. The number of hydrogen-bond acceptors (Lipinski definition) is 7. The Hall–Kier alpha value is -3.98. The van der Waals surface area contributed by atoms with Crippen LogP contribution in [0.25, 0.3) is 0 Å². The van der Waals surface area contributed by atoms with Crippen molar-refractivity contribution in [1.29, 1.82) is 0 Å². The molecular weight excluding hydrogens is 440 g/mol. The zero-order valence-corrected chi connectivity index (χ0v) is 18.1. The predicted octanol–water partition coefficient (Wildman–Crippen LogP) is 5.32. The van der Waals surface area contributed by atoms with Gasteiger partial charge in [-0.3, -0.25) is 14.9 Å². The molecule has 0 aliphatic rings. The van der Waals surface area contributed by atoms with Crippen molar-refractivity contribution in [2.75, 3.05) is 26.6 Å². The molecular formula is C22H19ClN2O7. The molecule has 0 unspecified atom stereocenters. The number of anilines is 1. The average Bonchev–Trinajstić information content (AvgIpc) is 2.79. The number of rotatable bonds is 8. The Morgan fingerprint density at radius 3 is 2.12 bits per heavy atom. The first kappa shape index (κ1) is 22.7. The molecule has 0 spiro atoms. The lowest BCUT2D eigenvalue weighted by atomic mass is 10.1. The fourth-order valence-corrected chi connectivity index (χ4v) is 2.98. The van der Waals surface area contributed by atoms with E-state index in [0.29, 0.717) is 17.2 Å². The van der Waals surface area contributed by atoms with Crippen LogP contribution < -0.4 is 24.3 Å². The molecule has 0 aliphatic heterocycles. The third-order valence-electron chi connectivity index (χ3n) is 4.37. The first-order valence-electron chi connectivity index (χ1n) is 9.19. The van der Waals surface area contributed by atoms with E-state index in [9.17, 15) is 14.9 Å². The molecule has 1 N–H and O–H groups in total. The molecule has 1 amide bonds. The zero-order chi connectivity index (χ0) is 23.3. The second-order valence-corrected chi connectivity index (χ2v) is 6.83. The summed E-state index contributed by atoms with van der Waals surface area (Å²) in [5.74, 6) is 1.01. The molecule has 32 heavy (non-hydrogen) atoms. The van der Waals surface area contributed by atoms with Crippen molar-refractivity contribution in [2.24, 2.45) is 0 Å². The standard InChI is InChI=1S/C22H19ClN2O7/c1-29-16-10-15(11-17(12-16)30-2)24-22(26)13-4-6-20(21(8-13)31-3)32-19-7-5-14(23)9-18(19)25(27)28/h4-12H,1-3H3,(H,24,26). The first-order valence-corrected chi connectivity index (χ1v) is 9.56. The van der Waals surface area contributed by atoms with Crippen molar-refractivity contribution in [3.05, 3.63) is 75.3 Å². The van der Waals surface area contributed by atoms with Crippen LogP contribution in [0.4, 0.5) is 11.4 Å². The van der Waals surface area contributed by atoms with E-state index in [1.54, 1.807) is 18.2 Å². The number of nitrogens with zero attached hydrogens (tertiary/aromatic N) is 1. The highest BCUT2D eigenvalue weighted by Gasteiger charge is 2.19. The van der Waals surface area contributed by atoms with Gasteiger partial charge in [-0.05, 0) is 30.3 Å². The maximum absolute atomic E-state index is 12.7. The molecule has 0 bridgehead atoms. The van der Waals surface area contributed by atoms with Gasteiger partial charge in [0.25, 0.3) is 5.91 Å². The quantitative estimate of drug-likeness (QED) is 0.359. The highest BCUT2D eigenvalue weighted by Crippen LogP contribution is 2.38. The maximum Gasteiger partial charge on any atom is 0.313 e. The number of hydrogen-bond donors (Lipinski definition) is 1. The average molecular weight is 459 g/mol. The fourth-order valence-electron chi connectivity index (χ4n) is 2.81. The summed E-state index contributed by atoms with van der Waals surface area (Å²) < 4.78 is 21.4. The molecule has 0 aromatic heterocycles. The minimum Gasteiger partial charge on any atom is -0.497 e. The van der Waals surface area contributed by atoms with Crippen molar-refractivity contribution in [1.82, 2.24) is 0 Å². The summed E-state index contributed by atoms with van der Waals surface area (Å²) in [6.45, 7) is 0. The Labute approximate surface area is 188 Å². The number of nitrogens with one attached hydrogen (secondary N) is 1. The molecule has 0 aliphatic carbocycles. The number of nitro groups is 1. The molecule has 0 heterocycles. The summed E-state index contributed by atoms with van der Waals surface area (Å²) in [5, 5.41) is 14.3. The van der Waals surface area contributed by atoms with E-state index < -0.39 is 10.8 Å². The number of amides is 1. The van der Waals surface area contributed by atoms with Crippen LogP contribution in [0.5, 0.6) is 28.7 Å². The molecule has 0 saturated heterocycles. The smallest absolute Gasteiger partial charge is 0.313 e.